The zero-order chi connectivity index (χ0) is 32.6. The molecule has 0 N–H and O–H groups in total. The van der Waals surface area contributed by atoms with E-state index < -0.39 is 0 Å². The van der Waals surface area contributed by atoms with E-state index in [2.05, 4.69) is 144 Å². The summed E-state index contributed by atoms with van der Waals surface area (Å²) in [6.45, 7) is 0. The Morgan fingerprint density at radius 1 is 0.408 bits per heavy atom. The van der Waals surface area contributed by atoms with Crippen LogP contribution in [0.25, 0.3) is 83.6 Å². The van der Waals surface area contributed by atoms with Gasteiger partial charge in [0, 0.05) is 33.0 Å². The molecule has 0 spiro atoms. The normalized spacial score (nSPS) is 11.3. The van der Waals surface area contributed by atoms with E-state index in [9.17, 15) is 0 Å². The van der Waals surface area contributed by atoms with Crippen LogP contribution in [0.3, 0.4) is 0 Å². The average Bonchev–Trinajstić information content (AvgIpc) is 3.60. The van der Waals surface area contributed by atoms with Gasteiger partial charge in [0.25, 0.3) is 0 Å². The lowest BCUT2D eigenvalue weighted by Gasteiger charge is -2.13. The first kappa shape index (κ1) is 28.6. The Labute approximate surface area is 284 Å². The van der Waals surface area contributed by atoms with Crippen molar-refractivity contribution in [2.24, 2.45) is 0 Å². The van der Waals surface area contributed by atoms with E-state index in [-0.39, 0.29) is 0 Å². The van der Waals surface area contributed by atoms with Gasteiger partial charge in [0.15, 0.2) is 5.82 Å². The van der Waals surface area contributed by atoms with Crippen LogP contribution >= 0.6 is 0 Å². The van der Waals surface area contributed by atoms with E-state index in [1.54, 1.807) is 0 Å². The molecule has 0 fully saturated rings. The summed E-state index contributed by atoms with van der Waals surface area (Å²) < 4.78 is 2.11. The molecule has 9 rings (SSSR count). The second kappa shape index (κ2) is 12.2. The van der Waals surface area contributed by atoms with Crippen LogP contribution in [0.5, 0.6) is 0 Å². The molecule has 0 amide bonds. The summed E-state index contributed by atoms with van der Waals surface area (Å²) >= 11 is 0. The number of hydrogen-bond acceptors (Lipinski definition) is 3. The second-order valence-electron chi connectivity index (χ2n) is 12.1. The molecule has 0 saturated carbocycles. The standard InChI is InChI=1S/C45H30N4/c1-6-16-31(17-7-1)39-29-36-28-35(41-30-40(32-18-8-2-9-19-32)46-45(47-41)34-22-12-4-13-23-34)26-27-38(36)44-42(39)43(33-20-10-3-11-21-33)48-49(44)37-24-14-5-15-25-37/h1-30H. The zero-order valence-corrected chi connectivity index (χ0v) is 26.6. The molecule has 7 aromatic carbocycles. The zero-order valence-electron chi connectivity index (χ0n) is 26.6. The minimum absolute atomic E-state index is 0.701. The number of nitrogens with zero attached hydrogens (tertiary/aromatic N) is 4. The summed E-state index contributed by atoms with van der Waals surface area (Å²) in [5.41, 5.74) is 11.2. The Balaban J connectivity index is 1.34. The van der Waals surface area contributed by atoms with Crippen molar-refractivity contribution in [2.75, 3.05) is 0 Å². The molecule has 0 aliphatic rings. The highest BCUT2D eigenvalue weighted by atomic mass is 15.3. The van der Waals surface area contributed by atoms with E-state index >= 15 is 0 Å². The Morgan fingerprint density at radius 2 is 0.939 bits per heavy atom. The summed E-state index contributed by atoms with van der Waals surface area (Å²) in [4.78, 5) is 10.1. The first-order valence-corrected chi connectivity index (χ1v) is 16.5. The van der Waals surface area contributed by atoms with Crippen molar-refractivity contribution in [3.63, 3.8) is 0 Å². The number of rotatable bonds is 6. The number of benzene rings is 7. The van der Waals surface area contributed by atoms with Gasteiger partial charge in [0.2, 0.25) is 0 Å². The van der Waals surface area contributed by atoms with Crippen LogP contribution in [0.4, 0.5) is 0 Å². The van der Waals surface area contributed by atoms with Crippen LogP contribution in [-0.4, -0.2) is 19.7 Å². The smallest absolute Gasteiger partial charge is 0.160 e. The lowest BCUT2D eigenvalue weighted by Crippen LogP contribution is -1.97. The molecule has 49 heavy (non-hydrogen) atoms. The van der Waals surface area contributed by atoms with Crippen molar-refractivity contribution in [3.8, 4) is 62.0 Å². The number of para-hydroxylation sites is 1. The molecule has 0 aliphatic carbocycles. The van der Waals surface area contributed by atoms with E-state index in [1.807, 2.05) is 42.5 Å². The Morgan fingerprint density at radius 3 is 1.57 bits per heavy atom. The maximum absolute atomic E-state index is 5.33. The van der Waals surface area contributed by atoms with E-state index in [0.717, 1.165) is 77.8 Å². The van der Waals surface area contributed by atoms with Crippen molar-refractivity contribution in [3.05, 3.63) is 182 Å². The second-order valence-corrected chi connectivity index (χ2v) is 12.1. The highest BCUT2D eigenvalue weighted by Gasteiger charge is 2.21. The van der Waals surface area contributed by atoms with E-state index in [0.29, 0.717) is 5.82 Å². The van der Waals surface area contributed by atoms with Crippen molar-refractivity contribution >= 4 is 21.7 Å². The molecule has 0 radical (unpaired) electrons. The average molecular weight is 627 g/mol. The van der Waals surface area contributed by atoms with Crippen LogP contribution < -0.4 is 0 Å². The molecular formula is C45H30N4. The third-order valence-corrected chi connectivity index (χ3v) is 9.02. The number of fused-ring (bicyclic) bond motifs is 3. The summed E-state index contributed by atoms with van der Waals surface area (Å²) in [5.74, 6) is 0.701. The van der Waals surface area contributed by atoms with Gasteiger partial charge in [-0.3, -0.25) is 0 Å². The molecule has 0 aliphatic heterocycles. The number of hydrogen-bond donors (Lipinski definition) is 0. The van der Waals surface area contributed by atoms with Crippen molar-refractivity contribution in [1.82, 2.24) is 19.7 Å². The van der Waals surface area contributed by atoms with Crippen LogP contribution in [-0.2, 0) is 0 Å². The van der Waals surface area contributed by atoms with Crippen LogP contribution in [0.1, 0.15) is 0 Å². The van der Waals surface area contributed by atoms with Crippen molar-refractivity contribution < 1.29 is 0 Å². The molecule has 0 bridgehead atoms. The van der Waals surface area contributed by atoms with Gasteiger partial charge in [0.1, 0.15) is 5.69 Å². The minimum atomic E-state index is 0.701. The third kappa shape index (κ3) is 5.26. The van der Waals surface area contributed by atoms with Gasteiger partial charge < -0.3 is 0 Å². The van der Waals surface area contributed by atoms with Crippen LogP contribution in [0, 0.1) is 0 Å². The number of aromatic nitrogens is 4. The topological polar surface area (TPSA) is 43.6 Å². The van der Waals surface area contributed by atoms with Gasteiger partial charge in [-0.2, -0.15) is 5.10 Å². The lowest BCUT2D eigenvalue weighted by molar-refractivity contribution is 0.918. The van der Waals surface area contributed by atoms with Crippen molar-refractivity contribution in [1.29, 1.82) is 0 Å². The molecule has 4 nitrogen and oxygen atoms in total. The Kier molecular flexibility index (Phi) is 7.10. The van der Waals surface area contributed by atoms with Gasteiger partial charge in [-0.05, 0) is 46.8 Å². The van der Waals surface area contributed by atoms with Gasteiger partial charge in [-0.1, -0.05) is 152 Å². The molecule has 0 atom stereocenters. The van der Waals surface area contributed by atoms with Gasteiger partial charge in [-0.15, -0.1) is 0 Å². The summed E-state index contributed by atoms with van der Waals surface area (Å²) in [5, 5.41) is 8.69. The van der Waals surface area contributed by atoms with Gasteiger partial charge in [-0.25, -0.2) is 14.6 Å². The molecule has 4 heteroatoms. The molecule has 2 heterocycles. The summed E-state index contributed by atoms with van der Waals surface area (Å²) in [6, 6.07) is 63.1. The summed E-state index contributed by atoms with van der Waals surface area (Å²) in [7, 11) is 0. The SMILES string of the molecule is c1ccc(-c2cc(-c3ccc4c(c3)cc(-c3ccccc3)c3c(-c5ccccc5)nn(-c5ccccc5)c34)nc(-c3ccccc3)n2)cc1. The van der Waals surface area contributed by atoms with Crippen LogP contribution in [0.2, 0.25) is 0 Å². The predicted molar refractivity (Wildman–Crippen MR) is 201 cm³/mol. The molecule has 0 saturated heterocycles. The molecule has 9 aromatic rings. The first-order chi connectivity index (χ1) is 24.3. The molecule has 230 valence electrons. The third-order valence-electron chi connectivity index (χ3n) is 9.02. The fraction of sp³-hybridized carbons (Fsp3) is 0. The first-order valence-electron chi connectivity index (χ1n) is 16.5. The maximum atomic E-state index is 5.33. The monoisotopic (exact) mass is 626 g/mol. The molecular weight excluding hydrogens is 597 g/mol. The summed E-state index contributed by atoms with van der Waals surface area (Å²) in [6.07, 6.45) is 0. The highest BCUT2D eigenvalue weighted by Crippen LogP contribution is 2.42. The Bertz CT molecular complexity index is 2500. The fourth-order valence-electron chi connectivity index (χ4n) is 6.67. The lowest BCUT2D eigenvalue weighted by atomic mass is 9.92. The van der Waals surface area contributed by atoms with E-state index in [4.69, 9.17) is 15.1 Å². The van der Waals surface area contributed by atoms with Gasteiger partial charge in [0.05, 0.1) is 22.6 Å². The Hall–Kier alpha value is -6.65. The highest BCUT2D eigenvalue weighted by molar-refractivity contribution is 6.17. The minimum Gasteiger partial charge on any atom is -0.232 e. The van der Waals surface area contributed by atoms with Crippen molar-refractivity contribution in [2.45, 2.75) is 0 Å². The quantitative estimate of drug-likeness (QED) is 0.184. The fourth-order valence-corrected chi connectivity index (χ4v) is 6.67. The largest absolute Gasteiger partial charge is 0.232 e. The predicted octanol–water partition coefficient (Wildman–Crippen LogP) is 11.3. The molecule has 2 aromatic heterocycles. The van der Waals surface area contributed by atoms with E-state index in [1.165, 1.54) is 0 Å². The molecule has 0 unspecified atom stereocenters. The van der Waals surface area contributed by atoms with Gasteiger partial charge >= 0.3 is 0 Å². The van der Waals surface area contributed by atoms with Crippen LogP contribution in [0.15, 0.2) is 182 Å². The maximum Gasteiger partial charge on any atom is 0.160 e.